The van der Waals surface area contributed by atoms with Crippen molar-refractivity contribution in [1.82, 2.24) is 0 Å². The molecule has 0 fully saturated rings. The summed E-state index contributed by atoms with van der Waals surface area (Å²) in [5.74, 6) is -0.561. The van der Waals surface area contributed by atoms with Gasteiger partial charge in [-0.15, -0.1) is 0 Å². The highest BCUT2D eigenvalue weighted by Gasteiger charge is 2.43. The quantitative estimate of drug-likeness (QED) is 0.317. The first-order chi connectivity index (χ1) is 16.0. The van der Waals surface area contributed by atoms with Crippen LogP contribution in [-0.4, -0.2) is 17.2 Å². The third kappa shape index (κ3) is 4.76. The molecule has 164 valence electrons. The van der Waals surface area contributed by atoms with E-state index in [0.717, 1.165) is 16.7 Å². The molecule has 0 heterocycles. The summed E-state index contributed by atoms with van der Waals surface area (Å²) >= 11 is 0. The minimum atomic E-state index is -1.93. The molecule has 0 saturated heterocycles. The van der Waals surface area contributed by atoms with Crippen LogP contribution in [0.3, 0.4) is 0 Å². The van der Waals surface area contributed by atoms with Crippen LogP contribution in [0.25, 0.3) is 0 Å². The molecule has 0 atom stereocenters. The van der Waals surface area contributed by atoms with Gasteiger partial charge in [0.05, 0.1) is 11.9 Å². The fraction of sp³-hybridized carbons (Fsp3) is 0.103. The van der Waals surface area contributed by atoms with Gasteiger partial charge in [-0.05, 0) is 42.7 Å². The van der Waals surface area contributed by atoms with E-state index >= 15 is 0 Å². The van der Waals surface area contributed by atoms with Gasteiger partial charge < -0.3 is 5.11 Å². The van der Waals surface area contributed by atoms with Crippen LogP contribution in [0.5, 0.6) is 0 Å². The summed E-state index contributed by atoms with van der Waals surface area (Å²) in [5.41, 5.74) is 2.54. The normalized spacial score (nSPS) is 11.5. The van der Waals surface area contributed by atoms with Crippen LogP contribution in [0.15, 0.2) is 114 Å². The Morgan fingerprint density at radius 1 is 0.727 bits per heavy atom. The maximum atomic E-state index is 14.1. The zero-order valence-corrected chi connectivity index (χ0v) is 18.7. The van der Waals surface area contributed by atoms with Crippen molar-refractivity contribution in [1.29, 1.82) is 0 Å². The number of aliphatic hydroxyl groups is 1. The van der Waals surface area contributed by atoms with Gasteiger partial charge in [-0.1, -0.05) is 108 Å². The highest BCUT2D eigenvalue weighted by molar-refractivity contribution is 6.03. The SMILES string of the molecule is Cc1ccc(C(O)(C(=O)N(/N=C/c2ccccc2)c2ccccc2)c2ccc(C)cc2)cc1. The Morgan fingerprint density at radius 2 is 1.18 bits per heavy atom. The summed E-state index contributed by atoms with van der Waals surface area (Å²) in [6, 6.07) is 33.4. The number of carbonyl (C=O) groups excluding carboxylic acids is 1. The number of anilines is 1. The van der Waals surface area contributed by atoms with E-state index in [1.807, 2.05) is 86.6 Å². The second-order valence-corrected chi connectivity index (χ2v) is 8.05. The van der Waals surface area contributed by atoms with Crippen LogP contribution < -0.4 is 5.01 Å². The summed E-state index contributed by atoms with van der Waals surface area (Å²) in [6.45, 7) is 3.94. The first-order valence-corrected chi connectivity index (χ1v) is 10.8. The summed E-state index contributed by atoms with van der Waals surface area (Å²) in [5, 5.41) is 17.9. The molecule has 0 unspecified atom stereocenters. The monoisotopic (exact) mass is 434 g/mol. The van der Waals surface area contributed by atoms with E-state index in [-0.39, 0.29) is 0 Å². The van der Waals surface area contributed by atoms with Crippen molar-refractivity contribution < 1.29 is 9.90 Å². The van der Waals surface area contributed by atoms with E-state index in [1.165, 1.54) is 5.01 Å². The number of rotatable bonds is 6. The number of nitrogens with zero attached hydrogens (tertiary/aromatic N) is 2. The standard InChI is InChI=1S/C29H26N2O2/c1-22-13-17-25(18-14-22)29(33,26-19-15-23(2)16-20-26)28(32)31(27-11-7-4-8-12-27)30-21-24-9-5-3-6-10-24/h3-21,33H,1-2H3/b30-21+. The number of hydrogen-bond acceptors (Lipinski definition) is 3. The van der Waals surface area contributed by atoms with Gasteiger partial charge in [0.25, 0.3) is 5.91 Å². The van der Waals surface area contributed by atoms with Gasteiger partial charge in [-0.3, -0.25) is 4.79 Å². The van der Waals surface area contributed by atoms with Crippen molar-refractivity contribution in [2.24, 2.45) is 5.10 Å². The molecule has 0 aromatic heterocycles. The molecule has 0 spiro atoms. The molecule has 4 rings (SSSR count). The lowest BCUT2D eigenvalue weighted by Gasteiger charge is -2.32. The lowest BCUT2D eigenvalue weighted by molar-refractivity contribution is -0.133. The Morgan fingerprint density at radius 3 is 1.67 bits per heavy atom. The number of benzene rings is 4. The second kappa shape index (κ2) is 9.63. The van der Waals surface area contributed by atoms with E-state index in [0.29, 0.717) is 16.8 Å². The molecule has 1 N–H and O–H groups in total. The molecule has 4 nitrogen and oxygen atoms in total. The smallest absolute Gasteiger partial charge is 0.288 e. The maximum absolute atomic E-state index is 14.1. The van der Waals surface area contributed by atoms with Gasteiger partial charge in [0.15, 0.2) is 5.60 Å². The Labute approximate surface area is 194 Å². The second-order valence-electron chi connectivity index (χ2n) is 8.05. The van der Waals surface area contributed by atoms with Crippen LogP contribution in [0.4, 0.5) is 5.69 Å². The highest BCUT2D eigenvalue weighted by Crippen LogP contribution is 2.34. The molecule has 0 radical (unpaired) electrons. The number of para-hydroxylation sites is 1. The van der Waals surface area contributed by atoms with Crippen LogP contribution in [0.2, 0.25) is 0 Å². The van der Waals surface area contributed by atoms with Crippen LogP contribution in [0, 0.1) is 13.8 Å². The topological polar surface area (TPSA) is 52.9 Å². The van der Waals surface area contributed by atoms with E-state index in [1.54, 1.807) is 42.6 Å². The van der Waals surface area contributed by atoms with Crippen LogP contribution in [-0.2, 0) is 10.4 Å². The fourth-order valence-corrected chi connectivity index (χ4v) is 3.63. The summed E-state index contributed by atoms with van der Waals surface area (Å²) in [7, 11) is 0. The number of hydrazone groups is 1. The lowest BCUT2D eigenvalue weighted by Crippen LogP contribution is -2.46. The highest BCUT2D eigenvalue weighted by atomic mass is 16.3. The lowest BCUT2D eigenvalue weighted by atomic mass is 9.84. The molecule has 4 aromatic carbocycles. The molecular weight excluding hydrogens is 408 g/mol. The maximum Gasteiger partial charge on any atom is 0.288 e. The van der Waals surface area contributed by atoms with E-state index in [9.17, 15) is 9.90 Å². The Balaban J connectivity index is 1.86. The zero-order chi connectivity index (χ0) is 23.3. The molecule has 4 aromatic rings. The summed E-state index contributed by atoms with van der Waals surface area (Å²) < 4.78 is 0. The molecule has 0 aliphatic carbocycles. The minimum Gasteiger partial charge on any atom is -0.372 e. The molecular formula is C29H26N2O2. The first-order valence-electron chi connectivity index (χ1n) is 10.8. The number of amides is 1. The van der Waals surface area contributed by atoms with E-state index < -0.39 is 11.5 Å². The molecule has 4 heteroatoms. The van der Waals surface area contributed by atoms with Gasteiger partial charge >= 0.3 is 0 Å². The molecule has 0 aliphatic heterocycles. The molecule has 0 saturated carbocycles. The Kier molecular flexibility index (Phi) is 6.48. The Bertz CT molecular complexity index is 1190. The third-order valence-corrected chi connectivity index (χ3v) is 5.56. The van der Waals surface area contributed by atoms with E-state index in [2.05, 4.69) is 5.10 Å². The van der Waals surface area contributed by atoms with Crippen molar-refractivity contribution in [2.45, 2.75) is 19.4 Å². The number of aryl methyl sites for hydroxylation is 2. The van der Waals surface area contributed by atoms with Crippen LogP contribution in [0.1, 0.15) is 27.8 Å². The van der Waals surface area contributed by atoms with Crippen molar-refractivity contribution in [3.8, 4) is 0 Å². The predicted octanol–water partition coefficient (Wildman–Crippen LogP) is 5.61. The molecule has 0 aliphatic rings. The fourth-order valence-electron chi connectivity index (χ4n) is 3.63. The first kappa shape index (κ1) is 22.2. The van der Waals surface area contributed by atoms with Gasteiger partial charge in [-0.25, -0.2) is 0 Å². The van der Waals surface area contributed by atoms with Gasteiger partial charge in [-0.2, -0.15) is 10.1 Å². The third-order valence-electron chi connectivity index (χ3n) is 5.56. The molecule has 1 amide bonds. The molecule has 33 heavy (non-hydrogen) atoms. The predicted molar refractivity (Wildman–Crippen MR) is 133 cm³/mol. The zero-order valence-electron chi connectivity index (χ0n) is 18.7. The van der Waals surface area contributed by atoms with Crippen molar-refractivity contribution in [3.63, 3.8) is 0 Å². The van der Waals surface area contributed by atoms with Crippen molar-refractivity contribution >= 4 is 17.8 Å². The number of carbonyl (C=O) groups is 1. The minimum absolute atomic E-state index is 0.484. The Hall–Kier alpha value is -4.02. The molecule has 0 bridgehead atoms. The van der Waals surface area contributed by atoms with E-state index in [4.69, 9.17) is 0 Å². The van der Waals surface area contributed by atoms with Crippen LogP contribution >= 0.6 is 0 Å². The summed E-state index contributed by atoms with van der Waals surface area (Å²) in [6.07, 6.45) is 1.62. The average molecular weight is 435 g/mol. The van der Waals surface area contributed by atoms with Gasteiger partial charge in [0.1, 0.15) is 0 Å². The average Bonchev–Trinajstić information content (AvgIpc) is 2.86. The van der Waals surface area contributed by atoms with Gasteiger partial charge in [0.2, 0.25) is 0 Å². The largest absolute Gasteiger partial charge is 0.372 e. The van der Waals surface area contributed by atoms with Gasteiger partial charge in [0, 0.05) is 0 Å². The summed E-state index contributed by atoms with van der Waals surface area (Å²) in [4.78, 5) is 14.1. The van der Waals surface area contributed by atoms with Crippen molar-refractivity contribution in [2.75, 3.05) is 5.01 Å². The number of hydrogen-bond donors (Lipinski definition) is 1. The van der Waals surface area contributed by atoms with Crippen molar-refractivity contribution in [3.05, 3.63) is 137 Å².